The Morgan fingerprint density at radius 1 is 1.38 bits per heavy atom. The average molecular weight is 308 g/mol. The largest absolute Gasteiger partial charge is 0.376 e. The fourth-order valence-corrected chi connectivity index (χ4v) is 4.12. The molecule has 0 amide bonds. The number of ether oxygens (including phenoxy) is 1. The van der Waals surface area contributed by atoms with Crippen LogP contribution in [-0.2, 0) is 14.8 Å². The molecule has 21 heavy (non-hydrogen) atoms. The molecular formula is C15H20N2O3S. The van der Waals surface area contributed by atoms with Crippen molar-refractivity contribution in [1.82, 2.24) is 4.72 Å². The highest BCUT2D eigenvalue weighted by Crippen LogP contribution is 2.30. The lowest BCUT2D eigenvalue weighted by atomic mass is 9.79. The van der Waals surface area contributed by atoms with E-state index in [0.717, 1.165) is 18.4 Å². The molecule has 0 bridgehead atoms. The first-order valence-electron chi connectivity index (χ1n) is 6.98. The smallest absolute Gasteiger partial charge is 0.214 e. The van der Waals surface area contributed by atoms with Crippen molar-refractivity contribution in [3.63, 3.8) is 0 Å². The van der Waals surface area contributed by atoms with Crippen molar-refractivity contribution in [2.45, 2.75) is 31.4 Å². The van der Waals surface area contributed by atoms with Gasteiger partial charge in [-0.05, 0) is 24.3 Å². The van der Waals surface area contributed by atoms with Gasteiger partial charge in [0.05, 0.1) is 17.9 Å². The highest BCUT2D eigenvalue weighted by molar-refractivity contribution is 7.89. The van der Waals surface area contributed by atoms with Gasteiger partial charge < -0.3 is 4.74 Å². The highest BCUT2D eigenvalue weighted by atomic mass is 32.2. The van der Waals surface area contributed by atoms with E-state index in [-0.39, 0.29) is 11.8 Å². The van der Waals surface area contributed by atoms with Crippen LogP contribution in [0.15, 0.2) is 30.3 Å². The first kappa shape index (κ1) is 16.0. The van der Waals surface area contributed by atoms with Gasteiger partial charge in [0.15, 0.2) is 0 Å². The molecule has 5 nitrogen and oxygen atoms in total. The third-order valence-corrected chi connectivity index (χ3v) is 5.22. The highest BCUT2D eigenvalue weighted by Gasteiger charge is 2.32. The maximum atomic E-state index is 12.2. The zero-order chi connectivity index (χ0) is 15.3. The maximum Gasteiger partial charge on any atom is 0.214 e. The number of rotatable bonds is 7. The summed E-state index contributed by atoms with van der Waals surface area (Å²) in [5.74, 6) is 0.238. The zero-order valence-corrected chi connectivity index (χ0v) is 12.8. The van der Waals surface area contributed by atoms with E-state index >= 15 is 0 Å². The van der Waals surface area contributed by atoms with Gasteiger partial charge in [-0.15, -0.1) is 0 Å². The van der Waals surface area contributed by atoms with Crippen molar-refractivity contribution >= 4 is 10.0 Å². The van der Waals surface area contributed by atoms with Crippen LogP contribution in [0.4, 0.5) is 0 Å². The molecular weight excluding hydrogens is 288 g/mol. The van der Waals surface area contributed by atoms with Crippen LogP contribution < -0.4 is 4.72 Å². The number of hydrogen-bond donors (Lipinski definition) is 1. The molecule has 0 heterocycles. The van der Waals surface area contributed by atoms with Crippen molar-refractivity contribution < 1.29 is 13.2 Å². The Morgan fingerprint density at radius 2 is 2.05 bits per heavy atom. The predicted molar refractivity (Wildman–Crippen MR) is 79.9 cm³/mol. The minimum Gasteiger partial charge on any atom is -0.376 e. The molecule has 1 atom stereocenters. The standard InChI is InChI=1S/C15H20N2O3S/c1-20-15(13-5-3-2-4-6-13)11-21(18,19)17-14-9-12(10-14)7-8-16/h2-6,12,14-15,17H,7,9-11H2,1H3. The minimum atomic E-state index is -3.40. The van der Waals surface area contributed by atoms with E-state index in [1.807, 2.05) is 30.3 Å². The van der Waals surface area contributed by atoms with Crippen LogP contribution in [0, 0.1) is 17.2 Å². The van der Waals surface area contributed by atoms with E-state index in [1.165, 1.54) is 7.11 Å². The van der Waals surface area contributed by atoms with E-state index in [4.69, 9.17) is 10.00 Å². The number of sulfonamides is 1. The van der Waals surface area contributed by atoms with Crippen LogP contribution in [0.5, 0.6) is 0 Å². The Balaban J connectivity index is 1.90. The van der Waals surface area contributed by atoms with Crippen LogP contribution in [0.2, 0.25) is 0 Å². The third-order valence-electron chi connectivity index (χ3n) is 3.79. The van der Waals surface area contributed by atoms with Crippen molar-refractivity contribution in [1.29, 1.82) is 5.26 Å². The molecule has 1 aliphatic carbocycles. The van der Waals surface area contributed by atoms with Crippen LogP contribution in [0.1, 0.15) is 30.9 Å². The van der Waals surface area contributed by atoms with Gasteiger partial charge in [-0.25, -0.2) is 13.1 Å². The van der Waals surface area contributed by atoms with Gasteiger partial charge in [0, 0.05) is 19.6 Å². The molecule has 114 valence electrons. The molecule has 2 rings (SSSR count). The molecule has 0 spiro atoms. The molecule has 1 fully saturated rings. The van der Waals surface area contributed by atoms with E-state index in [1.54, 1.807) is 0 Å². The molecule has 1 aromatic rings. The number of nitrogens with zero attached hydrogens (tertiary/aromatic N) is 1. The predicted octanol–water partition coefficient (Wildman–Crippen LogP) is 1.99. The summed E-state index contributed by atoms with van der Waals surface area (Å²) in [5, 5.41) is 8.59. The molecule has 6 heteroatoms. The number of hydrogen-bond acceptors (Lipinski definition) is 4. The normalized spacial score (nSPS) is 23.0. The van der Waals surface area contributed by atoms with E-state index in [0.29, 0.717) is 12.3 Å². The summed E-state index contributed by atoms with van der Waals surface area (Å²) in [6.07, 6.45) is 1.52. The molecule has 1 unspecified atom stereocenters. The SMILES string of the molecule is COC(CS(=O)(=O)NC1CC(CC#N)C1)c1ccccc1. The second-order valence-corrected chi connectivity index (χ2v) is 7.23. The summed E-state index contributed by atoms with van der Waals surface area (Å²) in [4.78, 5) is 0. The van der Waals surface area contributed by atoms with Gasteiger partial charge in [0.2, 0.25) is 10.0 Å². The lowest BCUT2D eigenvalue weighted by Crippen LogP contribution is -2.45. The molecule has 1 N–H and O–H groups in total. The Kier molecular flexibility index (Phi) is 5.34. The van der Waals surface area contributed by atoms with Gasteiger partial charge in [-0.1, -0.05) is 30.3 Å². The third kappa shape index (κ3) is 4.53. The van der Waals surface area contributed by atoms with Gasteiger partial charge in [-0.3, -0.25) is 0 Å². The van der Waals surface area contributed by atoms with Gasteiger partial charge >= 0.3 is 0 Å². The molecule has 0 saturated heterocycles. The molecule has 1 aromatic carbocycles. The first-order valence-corrected chi connectivity index (χ1v) is 8.64. The second-order valence-electron chi connectivity index (χ2n) is 5.43. The quantitative estimate of drug-likeness (QED) is 0.835. The monoisotopic (exact) mass is 308 g/mol. The van der Waals surface area contributed by atoms with Crippen molar-refractivity contribution in [3.05, 3.63) is 35.9 Å². The van der Waals surface area contributed by atoms with Crippen molar-refractivity contribution in [3.8, 4) is 6.07 Å². The summed E-state index contributed by atoms with van der Waals surface area (Å²) >= 11 is 0. The van der Waals surface area contributed by atoms with Crippen molar-refractivity contribution in [2.75, 3.05) is 12.9 Å². The fraction of sp³-hybridized carbons (Fsp3) is 0.533. The number of nitriles is 1. The van der Waals surface area contributed by atoms with E-state index < -0.39 is 16.1 Å². The molecule has 0 radical (unpaired) electrons. The van der Waals surface area contributed by atoms with Crippen LogP contribution >= 0.6 is 0 Å². The zero-order valence-electron chi connectivity index (χ0n) is 12.0. The lowest BCUT2D eigenvalue weighted by molar-refractivity contribution is 0.121. The molecule has 1 aliphatic rings. The summed E-state index contributed by atoms with van der Waals surface area (Å²) in [5.41, 5.74) is 0.848. The Morgan fingerprint density at radius 3 is 2.62 bits per heavy atom. The summed E-state index contributed by atoms with van der Waals surface area (Å²) in [7, 11) is -1.88. The Hall–Kier alpha value is -1.42. The number of benzene rings is 1. The lowest BCUT2D eigenvalue weighted by Gasteiger charge is -2.34. The minimum absolute atomic E-state index is 0.0402. The van der Waals surface area contributed by atoms with Crippen molar-refractivity contribution in [2.24, 2.45) is 5.92 Å². The topological polar surface area (TPSA) is 79.2 Å². The Bertz CT molecular complexity index is 589. The molecule has 1 saturated carbocycles. The van der Waals surface area contributed by atoms with Crippen LogP contribution in [-0.4, -0.2) is 27.3 Å². The number of methoxy groups -OCH3 is 1. The van der Waals surface area contributed by atoms with Crippen LogP contribution in [0.3, 0.4) is 0 Å². The van der Waals surface area contributed by atoms with E-state index in [9.17, 15) is 8.42 Å². The Labute approximate surface area is 126 Å². The summed E-state index contributed by atoms with van der Waals surface area (Å²) in [6, 6.07) is 11.4. The van der Waals surface area contributed by atoms with Gasteiger partial charge in [0.25, 0.3) is 0 Å². The maximum absolute atomic E-state index is 12.2. The second kappa shape index (κ2) is 7.03. The summed E-state index contributed by atoms with van der Waals surface area (Å²) < 4.78 is 32.4. The van der Waals surface area contributed by atoms with Gasteiger partial charge in [-0.2, -0.15) is 5.26 Å². The van der Waals surface area contributed by atoms with E-state index in [2.05, 4.69) is 10.8 Å². The molecule has 0 aromatic heterocycles. The summed E-state index contributed by atoms with van der Waals surface area (Å²) in [6.45, 7) is 0. The fourth-order valence-electron chi connectivity index (χ4n) is 2.60. The van der Waals surface area contributed by atoms with Gasteiger partial charge in [0.1, 0.15) is 0 Å². The first-order chi connectivity index (χ1) is 10.0. The average Bonchev–Trinajstić information content (AvgIpc) is 2.43. The number of nitrogens with one attached hydrogen (secondary N) is 1. The van der Waals surface area contributed by atoms with Crippen LogP contribution in [0.25, 0.3) is 0 Å². The molecule has 0 aliphatic heterocycles.